The SMILES string of the molecule is CCCNC(=NC)NC(C)CCCC(C)C. The lowest BCUT2D eigenvalue weighted by Gasteiger charge is -2.18. The molecule has 0 saturated heterocycles. The Kier molecular flexibility index (Phi) is 9.06. The summed E-state index contributed by atoms with van der Waals surface area (Å²) in [6.45, 7) is 9.92. The van der Waals surface area contributed by atoms with E-state index in [2.05, 4.69) is 43.3 Å². The molecule has 0 fully saturated rings. The maximum atomic E-state index is 4.20. The first-order valence-corrected chi connectivity index (χ1v) is 6.57. The van der Waals surface area contributed by atoms with Crippen LogP contribution in [0.5, 0.6) is 0 Å². The van der Waals surface area contributed by atoms with Gasteiger partial charge in [0.2, 0.25) is 0 Å². The summed E-state index contributed by atoms with van der Waals surface area (Å²) in [6.07, 6.45) is 4.94. The third kappa shape index (κ3) is 8.57. The van der Waals surface area contributed by atoms with E-state index < -0.39 is 0 Å². The molecule has 0 aromatic heterocycles. The lowest BCUT2D eigenvalue weighted by molar-refractivity contribution is 0.491. The second kappa shape index (κ2) is 9.49. The Morgan fingerprint density at radius 1 is 1.19 bits per heavy atom. The van der Waals surface area contributed by atoms with Crippen molar-refractivity contribution in [3.05, 3.63) is 0 Å². The number of rotatable bonds is 7. The smallest absolute Gasteiger partial charge is 0.191 e. The third-order valence-electron chi connectivity index (χ3n) is 2.57. The Morgan fingerprint density at radius 3 is 2.38 bits per heavy atom. The average Bonchev–Trinajstić information content (AvgIpc) is 2.23. The van der Waals surface area contributed by atoms with Crippen molar-refractivity contribution in [2.24, 2.45) is 10.9 Å². The molecule has 0 heterocycles. The molecule has 0 radical (unpaired) electrons. The Bertz CT molecular complexity index is 188. The molecule has 0 saturated carbocycles. The van der Waals surface area contributed by atoms with Crippen molar-refractivity contribution in [2.75, 3.05) is 13.6 Å². The Morgan fingerprint density at radius 2 is 1.88 bits per heavy atom. The van der Waals surface area contributed by atoms with E-state index in [-0.39, 0.29) is 0 Å². The molecule has 16 heavy (non-hydrogen) atoms. The number of hydrogen-bond donors (Lipinski definition) is 2. The van der Waals surface area contributed by atoms with E-state index >= 15 is 0 Å². The van der Waals surface area contributed by atoms with Crippen LogP contribution >= 0.6 is 0 Å². The van der Waals surface area contributed by atoms with E-state index in [9.17, 15) is 0 Å². The molecular formula is C13H29N3. The van der Waals surface area contributed by atoms with E-state index in [4.69, 9.17) is 0 Å². The van der Waals surface area contributed by atoms with Gasteiger partial charge in [0.05, 0.1) is 0 Å². The minimum absolute atomic E-state index is 0.502. The summed E-state index contributed by atoms with van der Waals surface area (Å²) >= 11 is 0. The summed E-state index contributed by atoms with van der Waals surface area (Å²) in [6, 6.07) is 0.502. The number of nitrogens with one attached hydrogen (secondary N) is 2. The van der Waals surface area contributed by atoms with Gasteiger partial charge in [0.1, 0.15) is 0 Å². The summed E-state index contributed by atoms with van der Waals surface area (Å²) in [5.74, 6) is 1.74. The Labute approximate surface area is 101 Å². The molecule has 0 bridgehead atoms. The highest BCUT2D eigenvalue weighted by Crippen LogP contribution is 2.07. The molecule has 2 N–H and O–H groups in total. The molecule has 0 aromatic rings. The maximum Gasteiger partial charge on any atom is 0.191 e. The third-order valence-corrected chi connectivity index (χ3v) is 2.57. The van der Waals surface area contributed by atoms with Crippen molar-refractivity contribution < 1.29 is 0 Å². The molecule has 1 atom stereocenters. The van der Waals surface area contributed by atoms with Gasteiger partial charge in [-0.1, -0.05) is 33.6 Å². The molecule has 0 amide bonds. The zero-order chi connectivity index (χ0) is 12.4. The van der Waals surface area contributed by atoms with Gasteiger partial charge in [-0.15, -0.1) is 0 Å². The van der Waals surface area contributed by atoms with Gasteiger partial charge in [-0.25, -0.2) is 0 Å². The second-order valence-electron chi connectivity index (χ2n) is 4.87. The molecule has 1 unspecified atom stereocenters. The van der Waals surface area contributed by atoms with Gasteiger partial charge in [-0.3, -0.25) is 4.99 Å². The highest BCUT2D eigenvalue weighted by molar-refractivity contribution is 5.79. The monoisotopic (exact) mass is 227 g/mol. The van der Waals surface area contributed by atoms with E-state index in [1.807, 2.05) is 7.05 Å². The number of aliphatic imine (C=N–C) groups is 1. The summed E-state index contributed by atoms with van der Waals surface area (Å²) in [4.78, 5) is 4.20. The summed E-state index contributed by atoms with van der Waals surface area (Å²) in [5.41, 5.74) is 0. The minimum Gasteiger partial charge on any atom is -0.356 e. The molecular weight excluding hydrogens is 198 g/mol. The maximum absolute atomic E-state index is 4.20. The first-order chi connectivity index (χ1) is 7.60. The van der Waals surface area contributed by atoms with Crippen LogP contribution in [0, 0.1) is 5.92 Å². The zero-order valence-corrected chi connectivity index (χ0v) is 11.6. The predicted octanol–water partition coefficient (Wildman–Crippen LogP) is 2.78. The van der Waals surface area contributed by atoms with Gasteiger partial charge in [0, 0.05) is 19.6 Å². The van der Waals surface area contributed by atoms with Crippen LogP contribution in [0.1, 0.15) is 53.4 Å². The summed E-state index contributed by atoms with van der Waals surface area (Å²) in [7, 11) is 1.83. The van der Waals surface area contributed by atoms with Crippen LogP contribution in [0.4, 0.5) is 0 Å². The number of nitrogens with zero attached hydrogens (tertiary/aromatic N) is 1. The fourth-order valence-corrected chi connectivity index (χ4v) is 1.58. The van der Waals surface area contributed by atoms with Crippen molar-refractivity contribution in [3.63, 3.8) is 0 Å². The van der Waals surface area contributed by atoms with Gasteiger partial charge >= 0.3 is 0 Å². The second-order valence-corrected chi connectivity index (χ2v) is 4.87. The van der Waals surface area contributed by atoms with Gasteiger partial charge < -0.3 is 10.6 Å². The lowest BCUT2D eigenvalue weighted by Crippen LogP contribution is -2.42. The predicted molar refractivity (Wildman–Crippen MR) is 72.9 cm³/mol. The molecule has 0 spiro atoms. The fourth-order valence-electron chi connectivity index (χ4n) is 1.58. The van der Waals surface area contributed by atoms with Gasteiger partial charge in [-0.05, 0) is 25.7 Å². The Hall–Kier alpha value is -0.730. The fraction of sp³-hybridized carbons (Fsp3) is 0.923. The zero-order valence-electron chi connectivity index (χ0n) is 11.6. The van der Waals surface area contributed by atoms with Gasteiger partial charge in [0.25, 0.3) is 0 Å². The molecule has 0 aromatic carbocycles. The van der Waals surface area contributed by atoms with Crippen LogP contribution in [0.15, 0.2) is 4.99 Å². The van der Waals surface area contributed by atoms with Crippen LogP contribution in [0.2, 0.25) is 0 Å². The van der Waals surface area contributed by atoms with Crippen LogP contribution in [0.25, 0.3) is 0 Å². The van der Waals surface area contributed by atoms with Crippen molar-refractivity contribution in [2.45, 2.75) is 59.4 Å². The molecule has 0 aliphatic heterocycles. The minimum atomic E-state index is 0.502. The Balaban J connectivity index is 3.70. The molecule has 0 aliphatic rings. The average molecular weight is 227 g/mol. The van der Waals surface area contributed by atoms with Crippen LogP contribution in [-0.2, 0) is 0 Å². The molecule has 3 heteroatoms. The molecule has 3 nitrogen and oxygen atoms in total. The summed E-state index contributed by atoms with van der Waals surface area (Å²) in [5, 5.41) is 6.70. The van der Waals surface area contributed by atoms with Crippen molar-refractivity contribution in [1.29, 1.82) is 0 Å². The molecule has 0 aliphatic carbocycles. The lowest BCUT2D eigenvalue weighted by atomic mass is 10.0. The quantitative estimate of drug-likeness (QED) is 0.518. The first-order valence-electron chi connectivity index (χ1n) is 6.57. The normalized spacial score (nSPS) is 14.0. The number of hydrogen-bond acceptors (Lipinski definition) is 1. The van der Waals surface area contributed by atoms with Crippen molar-refractivity contribution >= 4 is 5.96 Å². The first kappa shape index (κ1) is 15.3. The topological polar surface area (TPSA) is 36.4 Å². The van der Waals surface area contributed by atoms with Crippen LogP contribution in [-0.4, -0.2) is 25.6 Å². The highest BCUT2D eigenvalue weighted by atomic mass is 15.2. The van der Waals surface area contributed by atoms with E-state index in [1.54, 1.807) is 0 Å². The van der Waals surface area contributed by atoms with E-state index in [0.717, 1.165) is 24.8 Å². The van der Waals surface area contributed by atoms with Crippen LogP contribution in [0.3, 0.4) is 0 Å². The van der Waals surface area contributed by atoms with Gasteiger partial charge in [0.15, 0.2) is 5.96 Å². The number of guanidine groups is 1. The van der Waals surface area contributed by atoms with Crippen LogP contribution < -0.4 is 10.6 Å². The summed E-state index contributed by atoms with van der Waals surface area (Å²) < 4.78 is 0. The van der Waals surface area contributed by atoms with E-state index in [0.29, 0.717) is 6.04 Å². The van der Waals surface area contributed by atoms with E-state index in [1.165, 1.54) is 19.3 Å². The standard InChI is InChI=1S/C13H29N3/c1-6-10-15-13(14-5)16-12(4)9-7-8-11(2)3/h11-12H,6-10H2,1-5H3,(H2,14,15,16). The molecule has 0 rings (SSSR count). The molecule has 96 valence electrons. The van der Waals surface area contributed by atoms with Gasteiger partial charge in [-0.2, -0.15) is 0 Å². The largest absolute Gasteiger partial charge is 0.356 e. The van der Waals surface area contributed by atoms with Crippen molar-refractivity contribution in [1.82, 2.24) is 10.6 Å². The highest BCUT2D eigenvalue weighted by Gasteiger charge is 2.04. The van der Waals surface area contributed by atoms with Crippen molar-refractivity contribution in [3.8, 4) is 0 Å².